The zero-order valence-electron chi connectivity index (χ0n) is 17.7. The summed E-state index contributed by atoms with van der Waals surface area (Å²) in [5.74, 6) is -0.682. The molecule has 0 N–H and O–H groups in total. The Kier molecular flexibility index (Phi) is 8.49. The lowest BCUT2D eigenvalue weighted by Crippen LogP contribution is -2.31. The summed E-state index contributed by atoms with van der Waals surface area (Å²) in [6.45, 7) is 2.10. The van der Waals surface area contributed by atoms with Crippen molar-refractivity contribution in [1.29, 1.82) is 0 Å². The number of methoxy groups -OCH3 is 1. The van der Waals surface area contributed by atoms with Gasteiger partial charge in [-0.15, -0.1) is 0 Å². The maximum atomic E-state index is 13.7. The van der Waals surface area contributed by atoms with Crippen LogP contribution in [0.3, 0.4) is 0 Å². The maximum Gasteiger partial charge on any atom is 0.338 e. The molecule has 33 heavy (non-hydrogen) atoms. The van der Waals surface area contributed by atoms with Crippen molar-refractivity contribution in [3.05, 3.63) is 91.4 Å². The van der Waals surface area contributed by atoms with Gasteiger partial charge in [0.2, 0.25) is 0 Å². The van der Waals surface area contributed by atoms with Crippen LogP contribution in [0.5, 0.6) is 5.75 Å². The van der Waals surface area contributed by atoms with Crippen LogP contribution in [0.4, 0.5) is 5.69 Å². The van der Waals surface area contributed by atoms with Gasteiger partial charge in [-0.1, -0.05) is 52.5 Å². The summed E-state index contributed by atoms with van der Waals surface area (Å²) in [6.07, 6.45) is 0. The lowest BCUT2D eigenvalue weighted by molar-refractivity contribution is 0.0526. The van der Waals surface area contributed by atoms with E-state index in [0.717, 1.165) is 0 Å². The van der Waals surface area contributed by atoms with Gasteiger partial charge < -0.3 is 14.4 Å². The van der Waals surface area contributed by atoms with E-state index in [4.69, 9.17) is 55.9 Å². The Labute approximate surface area is 211 Å². The molecule has 3 aromatic rings. The van der Waals surface area contributed by atoms with E-state index >= 15 is 0 Å². The number of rotatable bonds is 7. The smallest absolute Gasteiger partial charge is 0.338 e. The molecule has 3 aromatic carbocycles. The number of ether oxygens (including phenoxy) is 2. The van der Waals surface area contributed by atoms with Gasteiger partial charge in [-0.05, 0) is 61.0 Å². The van der Waals surface area contributed by atoms with Crippen molar-refractivity contribution >= 4 is 64.0 Å². The van der Waals surface area contributed by atoms with Crippen LogP contribution >= 0.6 is 46.4 Å². The fraction of sp³-hybridized carbons (Fsp3) is 0.167. The van der Waals surface area contributed by atoms with E-state index < -0.39 is 11.9 Å². The monoisotopic (exact) mass is 525 g/mol. The predicted octanol–water partition coefficient (Wildman–Crippen LogP) is 7.33. The second-order valence-electron chi connectivity index (χ2n) is 6.86. The zero-order chi connectivity index (χ0) is 24.1. The average Bonchev–Trinajstić information content (AvgIpc) is 2.78. The Balaban J connectivity index is 2.08. The molecule has 0 saturated carbocycles. The third-order valence-electron chi connectivity index (χ3n) is 4.72. The Bertz CT molecular complexity index is 1180. The number of benzene rings is 3. The van der Waals surface area contributed by atoms with Crippen molar-refractivity contribution in [3.8, 4) is 5.75 Å². The first kappa shape index (κ1) is 25.2. The van der Waals surface area contributed by atoms with Gasteiger partial charge in [-0.25, -0.2) is 4.79 Å². The highest BCUT2D eigenvalue weighted by Gasteiger charge is 2.25. The maximum absolute atomic E-state index is 13.7. The van der Waals surface area contributed by atoms with Gasteiger partial charge in [0.05, 0.1) is 36.4 Å². The van der Waals surface area contributed by atoms with Gasteiger partial charge in [0.1, 0.15) is 5.75 Å². The van der Waals surface area contributed by atoms with Gasteiger partial charge in [-0.2, -0.15) is 0 Å². The molecule has 0 spiro atoms. The van der Waals surface area contributed by atoms with E-state index in [1.54, 1.807) is 49.4 Å². The number of hydrogen-bond donors (Lipinski definition) is 0. The minimum absolute atomic E-state index is 0.112. The summed E-state index contributed by atoms with van der Waals surface area (Å²) in [7, 11) is 1.42. The van der Waals surface area contributed by atoms with E-state index in [2.05, 4.69) is 0 Å². The number of nitrogens with zero attached hydrogens (tertiary/aromatic N) is 1. The molecular formula is C24H19Cl4NO4. The molecule has 0 radical (unpaired) electrons. The fourth-order valence-corrected chi connectivity index (χ4v) is 4.20. The second kappa shape index (κ2) is 11.1. The van der Waals surface area contributed by atoms with Crippen molar-refractivity contribution in [2.24, 2.45) is 0 Å². The number of esters is 1. The fourth-order valence-electron chi connectivity index (χ4n) is 3.16. The molecule has 0 aromatic heterocycles. The number of halogens is 4. The summed E-state index contributed by atoms with van der Waals surface area (Å²) in [5.41, 5.74) is 1.71. The number of carbonyl (C=O) groups excluding carboxylic acids is 2. The van der Waals surface area contributed by atoms with Crippen LogP contribution < -0.4 is 9.64 Å². The summed E-state index contributed by atoms with van der Waals surface area (Å²) < 4.78 is 10.4. The number of amides is 1. The Morgan fingerprint density at radius 1 is 0.879 bits per heavy atom. The van der Waals surface area contributed by atoms with Crippen molar-refractivity contribution in [3.63, 3.8) is 0 Å². The highest BCUT2D eigenvalue weighted by atomic mass is 35.5. The molecule has 0 bridgehead atoms. The summed E-state index contributed by atoms with van der Waals surface area (Å²) in [5, 5.41) is 1.37. The van der Waals surface area contributed by atoms with Gasteiger partial charge in [0.15, 0.2) is 0 Å². The largest absolute Gasteiger partial charge is 0.494 e. The van der Waals surface area contributed by atoms with E-state index in [0.29, 0.717) is 26.9 Å². The van der Waals surface area contributed by atoms with E-state index in [1.807, 2.05) is 0 Å². The molecular weight excluding hydrogens is 508 g/mol. The highest BCUT2D eigenvalue weighted by molar-refractivity contribution is 6.37. The Morgan fingerprint density at radius 2 is 1.55 bits per heavy atom. The topological polar surface area (TPSA) is 55.8 Å². The number of carbonyl (C=O) groups is 2. The van der Waals surface area contributed by atoms with E-state index in [-0.39, 0.29) is 34.5 Å². The quantitative estimate of drug-likeness (QED) is 0.302. The molecule has 5 nitrogen and oxygen atoms in total. The summed E-state index contributed by atoms with van der Waals surface area (Å²) in [4.78, 5) is 27.2. The Hall–Kier alpha value is -2.44. The number of anilines is 1. The molecule has 0 fully saturated rings. The summed E-state index contributed by atoms with van der Waals surface area (Å²) in [6, 6.07) is 14.5. The highest BCUT2D eigenvalue weighted by Crippen LogP contribution is 2.35. The SMILES string of the molecule is CCOC(=O)c1ccc(N(Cc2ccc(Cl)cc2Cl)C(=O)c2cc(Cl)cc(Cl)c2OC)cc1. The van der Waals surface area contributed by atoms with Crippen LogP contribution in [-0.2, 0) is 11.3 Å². The van der Waals surface area contributed by atoms with Gasteiger partial charge in [-0.3, -0.25) is 4.79 Å². The second-order valence-corrected chi connectivity index (χ2v) is 8.55. The normalized spacial score (nSPS) is 10.6. The molecule has 0 saturated heterocycles. The minimum atomic E-state index is -0.453. The third-order valence-corrected chi connectivity index (χ3v) is 5.81. The molecule has 9 heteroatoms. The molecule has 0 atom stereocenters. The van der Waals surface area contributed by atoms with E-state index in [9.17, 15) is 9.59 Å². The first-order chi connectivity index (χ1) is 15.7. The van der Waals surface area contributed by atoms with Crippen LogP contribution in [0.2, 0.25) is 20.1 Å². The summed E-state index contributed by atoms with van der Waals surface area (Å²) >= 11 is 24.8. The number of hydrogen-bond acceptors (Lipinski definition) is 4. The van der Waals surface area contributed by atoms with Gasteiger partial charge in [0, 0.05) is 20.8 Å². The van der Waals surface area contributed by atoms with Gasteiger partial charge in [0.25, 0.3) is 5.91 Å². The van der Waals surface area contributed by atoms with E-state index in [1.165, 1.54) is 24.1 Å². The standard InChI is InChI=1S/C24H19Cl4NO4/c1-3-33-24(31)14-5-8-18(9-6-14)29(13-15-4-7-16(25)11-20(15)27)23(30)19-10-17(26)12-21(28)22(19)32-2/h4-12H,3,13H2,1-2H3. The lowest BCUT2D eigenvalue weighted by Gasteiger charge is -2.25. The lowest BCUT2D eigenvalue weighted by atomic mass is 10.1. The molecule has 0 aliphatic carbocycles. The average molecular weight is 527 g/mol. The van der Waals surface area contributed by atoms with Crippen LogP contribution in [-0.4, -0.2) is 25.6 Å². The molecule has 0 heterocycles. The first-order valence-corrected chi connectivity index (χ1v) is 11.3. The van der Waals surface area contributed by atoms with Crippen LogP contribution in [0.15, 0.2) is 54.6 Å². The van der Waals surface area contributed by atoms with Crippen LogP contribution in [0.25, 0.3) is 0 Å². The minimum Gasteiger partial charge on any atom is -0.494 e. The molecule has 0 aliphatic rings. The molecule has 0 unspecified atom stereocenters. The van der Waals surface area contributed by atoms with Gasteiger partial charge >= 0.3 is 5.97 Å². The molecule has 1 amide bonds. The van der Waals surface area contributed by atoms with Crippen LogP contribution in [0, 0.1) is 0 Å². The van der Waals surface area contributed by atoms with Crippen molar-refractivity contribution in [2.45, 2.75) is 13.5 Å². The molecule has 172 valence electrons. The molecule has 3 rings (SSSR count). The predicted molar refractivity (Wildman–Crippen MR) is 132 cm³/mol. The van der Waals surface area contributed by atoms with Crippen LogP contribution in [0.1, 0.15) is 33.2 Å². The van der Waals surface area contributed by atoms with Crippen molar-refractivity contribution < 1.29 is 19.1 Å². The Morgan fingerprint density at radius 3 is 2.15 bits per heavy atom. The first-order valence-electron chi connectivity index (χ1n) is 9.81. The van der Waals surface area contributed by atoms with Crippen molar-refractivity contribution in [2.75, 3.05) is 18.6 Å². The zero-order valence-corrected chi connectivity index (χ0v) is 20.7. The third kappa shape index (κ3) is 5.92. The molecule has 0 aliphatic heterocycles. The van der Waals surface area contributed by atoms with Crippen molar-refractivity contribution in [1.82, 2.24) is 0 Å².